The van der Waals surface area contributed by atoms with Crippen molar-refractivity contribution in [3.05, 3.63) is 53.7 Å². The standard InChI is InChI=1S/C23H33N5O2/c1-4-24-23(25-16-21(29)18-8-10-20(30-3)11-9-18)27-19-12-14-28(15-13-19)22-7-5-6-17(2)26-22/h5-11,19,21,29H,4,12-16H2,1-3H3,(H2,24,25,27). The predicted molar refractivity (Wildman–Crippen MR) is 121 cm³/mol. The van der Waals surface area contributed by atoms with Gasteiger partial charge in [-0.25, -0.2) is 4.98 Å². The minimum absolute atomic E-state index is 0.299. The maximum Gasteiger partial charge on any atom is 0.191 e. The number of hydrogen-bond donors (Lipinski definition) is 3. The highest BCUT2D eigenvalue weighted by molar-refractivity contribution is 5.80. The van der Waals surface area contributed by atoms with E-state index in [1.165, 1.54) is 0 Å². The van der Waals surface area contributed by atoms with Gasteiger partial charge in [0, 0.05) is 31.4 Å². The van der Waals surface area contributed by atoms with Gasteiger partial charge in [-0.2, -0.15) is 0 Å². The van der Waals surface area contributed by atoms with Crippen molar-refractivity contribution in [2.45, 2.75) is 38.8 Å². The highest BCUT2D eigenvalue weighted by atomic mass is 16.5. The van der Waals surface area contributed by atoms with Crippen LogP contribution in [0, 0.1) is 6.92 Å². The summed E-state index contributed by atoms with van der Waals surface area (Å²) in [7, 11) is 1.63. The van der Waals surface area contributed by atoms with Crippen LogP contribution in [0.3, 0.4) is 0 Å². The Bertz CT molecular complexity index is 817. The number of benzene rings is 1. The number of aromatic nitrogens is 1. The maximum absolute atomic E-state index is 10.5. The molecule has 1 fully saturated rings. The van der Waals surface area contributed by atoms with E-state index < -0.39 is 6.10 Å². The van der Waals surface area contributed by atoms with E-state index in [1.807, 2.05) is 44.2 Å². The molecule has 7 heteroatoms. The van der Waals surface area contributed by atoms with Gasteiger partial charge in [-0.3, -0.25) is 4.99 Å². The largest absolute Gasteiger partial charge is 0.497 e. The fourth-order valence-corrected chi connectivity index (χ4v) is 3.58. The Kier molecular flexibility index (Phi) is 7.90. The molecule has 1 aliphatic rings. The van der Waals surface area contributed by atoms with E-state index in [0.29, 0.717) is 12.6 Å². The third kappa shape index (κ3) is 6.10. The van der Waals surface area contributed by atoms with E-state index in [9.17, 15) is 5.11 Å². The lowest BCUT2D eigenvalue weighted by molar-refractivity contribution is 0.187. The molecule has 2 aromatic rings. The predicted octanol–water partition coefficient (Wildman–Crippen LogP) is 2.66. The number of aliphatic hydroxyl groups is 1. The molecular formula is C23H33N5O2. The quantitative estimate of drug-likeness (QED) is 0.480. The lowest BCUT2D eigenvalue weighted by Gasteiger charge is -2.34. The average Bonchev–Trinajstić information content (AvgIpc) is 2.78. The van der Waals surface area contributed by atoms with E-state index in [4.69, 9.17) is 4.74 Å². The Morgan fingerprint density at radius 3 is 2.60 bits per heavy atom. The highest BCUT2D eigenvalue weighted by Crippen LogP contribution is 2.19. The monoisotopic (exact) mass is 411 g/mol. The van der Waals surface area contributed by atoms with Gasteiger partial charge in [-0.1, -0.05) is 18.2 Å². The summed E-state index contributed by atoms with van der Waals surface area (Å²) in [5, 5.41) is 17.3. The van der Waals surface area contributed by atoms with Crippen molar-refractivity contribution in [2.24, 2.45) is 4.99 Å². The summed E-state index contributed by atoms with van der Waals surface area (Å²) in [6, 6.07) is 14.0. The van der Waals surface area contributed by atoms with Crippen molar-refractivity contribution in [1.29, 1.82) is 0 Å². The topological polar surface area (TPSA) is 82.0 Å². The van der Waals surface area contributed by atoms with Crippen LogP contribution < -0.4 is 20.3 Å². The van der Waals surface area contributed by atoms with Crippen molar-refractivity contribution in [1.82, 2.24) is 15.6 Å². The molecule has 1 aliphatic heterocycles. The van der Waals surface area contributed by atoms with Crippen molar-refractivity contribution in [3.8, 4) is 5.75 Å². The van der Waals surface area contributed by atoms with Crippen molar-refractivity contribution >= 4 is 11.8 Å². The number of aliphatic imine (C=N–C) groups is 1. The fraction of sp³-hybridized carbons (Fsp3) is 0.478. The van der Waals surface area contributed by atoms with Crippen LogP contribution in [0.25, 0.3) is 0 Å². The average molecular weight is 412 g/mol. The second-order valence-electron chi connectivity index (χ2n) is 7.55. The molecule has 1 unspecified atom stereocenters. The third-order valence-electron chi connectivity index (χ3n) is 5.30. The molecule has 162 valence electrons. The molecule has 1 atom stereocenters. The molecule has 30 heavy (non-hydrogen) atoms. The molecule has 7 nitrogen and oxygen atoms in total. The Morgan fingerprint density at radius 2 is 1.97 bits per heavy atom. The summed E-state index contributed by atoms with van der Waals surface area (Å²) >= 11 is 0. The number of rotatable bonds is 7. The first-order valence-corrected chi connectivity index (χ1v) is 10.6. The summed E-state index contributed by atoms with van der Waals surface area (Å²) in [5.41, 5.74) is 1.87. The number of piperidine rings is 1. The molecule has 2 heterocycles. The first-order valence-electron chi connectivity index (χ1n) is 10.6. The molecular weight excluding hydrogens is 378 g/mol. The van der Waals surface area contributed by atoms with E-state index in [-0.39, 0.29) is 0 Å². The fourth-order valence-electron chi connectivity index (χ4n) is 3.58. The first-order chi connectivity index (χ1) is 14.6. The van der Waals surface area contributed by atoms with Crippen molar-refractivity contribution in [2.75, 3.05) is 38.2 Å². The number of guanidine groups is 1. The lowest BCUT2D eigenvalue weighted by atomic mass is 10.1. The molecule has 0 aliphatic carbocycles. The van der Waals surface area contributed by atoms with Crippen LogP contribution in [0.4, 0.5) is 5.82 Å². The van der Waals surface area contributed by atoms with E-state index in [1.54, 1.807) is 7.11 Å². The Balaban J connectivity index is 1.53. The zero-order valence-electron chi connectivity index (χ0n) is 18.1. The number of ether oxygens (including phenoxy) is 1. The Morgan fingerprint density at radius 1 is 1.23 bits per heavy atom. The Hall–Kier alpha value is -2.80. The molecule has 0 saturated carbocycles. The number of nitrogens with one attached hydrogen (secondary N) is 2. The first kappa shape index (κ1) is 21.9. The normalized spacial score (nSPS) is 16.3. The van der Waals surface area contributed by atoms with Gasteiger partial charge >= 0.3 is 0 Å². The summed E-state index contributed by atoms with van der Waals surface area (Å²) in [4.78, 5) is 11.6. The summed E-state index contributed by atoms with van der Waals surface area (Å²) in [5.74, 6) is 2.57. The summed E-state index contributed by atoms with van der Waals surface area (Å²) in [6.07, 6.45) is 1.38. The van der Waals surface area contributed by atoms with Gasteiger partial charge in [0.15, 0.2) is 5.96 Å². The van der Waals surface area contributed by atoms with Crippen LogP contribution in [0.15, 0.2) is 47.5 Å². The van der Waals surface area contributed by atoms with Gasteiger partial charge in [0.2, 0.25) is 0 Å². The number of hydrogen-bond acceptors (Lipinski definition) is 5. The molecule has 1 aromatic heterocycles. The number of methoxy groups -OCH3 is 1. The molecule has 0 amide bonds. The van der Waals surface area contributed by atoms with Gasteiger partial charge in [-0.15, -0.1) is 0 Å². The third-order valence-corrected chi connectivity index (χ3v) is 5.30. The second-order valence-corrected chi connectivity index (χ2v) is 7.55. The van der Waals surface area contributed by atoms with Gasteiger partial charge in [0.25, 0.3) is 0 Å². The number of anilines is 1. The van der Waals surface area contributed by atoms with Crippen LogP contribution in [0.1, 0.15) is 37.1 Å². The molecule has 3 rings (SSSR count). The van der Waals surface area contributed by atoms with Crippen LogP contribution >= 0.6 is 0 Å². The van der Waals surface area contributed by atoms with E-state index >= 15 is 0 Å². The molecule has 0 bridgehead atoms. The maximum atomic E-state index is 10.5. The van der Waals surface area contributed by atoms with Crippen molar-refractivity contribution in [3.63, 3.8) is 0 Å². The summed E-state index contributed by atoms with van der Waals surface area (Å²) in [6.45, 7) is 7.06. The van der Waals surface area contributed by atoms with Crippen LogP contribution in [-0.4, -0.2) is 55.4 Å². The highest BCUT2D eigenvalue weighted by Gasteiger charge is 2.21. The van der Waals surface area contributed by atoms with E-state index in [0.717, 1.165) is 61.3 Å². The SMILES string of the molecule is CCNC(=NCC(O)c1ccc(OC)cc1)NC1CCN(c2cccc(C)n2)CC1. The zero-order valence-corrected chi connectivity index (χ0v) is 18.1. The lowest BCUT2D eigenvalue weighted by Crippen LogP contribution is -2.49. The molecule has 0 spiro atoms. The molecule has 0 radical (unpaired) electrons. The number of aliphatic hydroxyl groups excluding tert-OH is 1. The number of aryl methyl sites for hydroxylation is 1. The van der Waals surface area contributed by atoms with Crippen LogP contribution in [-0.2, 0) is 0 Å². The summed E-state index contributed by atoms with van der Waals surface area (Å²) < 4.78 is 5.17. The zero-order chi connectivity index (χ0) is 21.3. The minimum Gasteiger partial charge on any atom is -0.497 e. The van der Waals surface area contributed by atoms with Crippen LogP contribution in [0.5, 0.6) is 5.75 Å². The van der Waals surface area contributed by atoms with Gasteiger partial charge in [0.1, 0.15) is 11.6 Å². The van der Waals surface area contributed by atoms with Crippen molar-refractivity contribution < 1.29 is 9.84 Å². The Labute approximate surface area is 179 Å². The molecule has 1 aromatic carbocycles. The molecule has 1 saturated heterocycles. The van der Waals surface area contributed by atoms with Crippen LogP contribution in [0.2, 0.25) is 0 Å². The van der Waals surface area contributed by atoms with Gasteiger partial charge in [0.05, 0.1) is 19.8 Å². The molecule has 3 N–H and O–H groups in total. The van der Waals surface area contributed by atoms with E-state index in [2.05, 4.69) is 37.6 Å². The smallest absolute Gasteiger partial charge is 0.191 e. The van der Waals surface area contributed by atoms with Gasteiger partial charge < -0.3 is 25.4 Å². The second kappa shape index (κ2) is 10.8. The number of nitrogens with zero attached hydrogens (tertiary/aromatic N) is 3. The van der Waals surface area contributed by atoms with Gasteiger partial charge in [-0.05, 0) is 56.5 Å². The minimum atomic E-state index is -0.652. The number of pyridine rings is 1.